The van der Waals surface area contributed by atoms with Gasteiger partial charge in [-0.3, -0.25) is 0 Å². The van der Waals surface area contributed by atoms with E-state index in [0.717, 1.165) is 0 Å². The maximum Gasteiger partial charge on any atom is 0.408 e. The summed E-state index contributed by atoms with van der Waals surface area (Å²) in [5.74, 6) is -0.938. The summed E-state index contributed by atoms with van der Waals surface area (Å²) < 4.78 is 21.9. The minimum atomic E-state index is -1.62. The van der Waals surface area contributed by atoms with Crippen molar-refractivity contribution in [1.82, 2.24) is 5.32 Å². The Morgan fingerprint density at radius 3 is 1.84 bits per heavy atom. The number of carbonyl (C=O) groups is 2. The first-order chi connectivity index (χ1) is 11.2. The lowest BCUT2D eigenvalue weighted by molar-refractivity contribution is -0.148. The molecule has 0 aromatic rings. The van der Waals surface area contributed by atoms with Crippen molar-refractivity contribution < 1.29 is 28.1 Å². The van der Waals surface area contributed by atoms with Gasteiger partial charge in [-0.05, 0) is 54.4 Å². The van der Waals surface area contributed by atoms with E-state index in [2.05, 4.69) is 5.32 Å². The van der Waals surface area contributed by atoms with Gasteiger partial charge in [0.15, 0.2) is 14.5 Å². The van der Waals surface area contributed by atoms with E-state index < -0.39 is 43.5 Å². The fraction of sp³-hybridized carbons (Fsp3) is 0.882. The number of ether oxygens (including phenoxy) is 2. The lowest BCUT2D eigenvalue weighted by Crippen LogP contribution is -2.42. The lowest BCUT2D eigenvalue weighted by Gasteiger charge is -2.35. The van der Waals surface area contributed by atoms with Crippen LogP contribution in [0.2, 0.25) is 0 Å². The highest BCUT2D eigenvalue weighted by Crippen LogP contribution is 2.50. The topological polar surface area (TPSA) is 83.1 Å². The normalized spacial score (nSPS) is 16.1. The summed E-state index contributed by atoms with van der Waals surface area (Å²) >= 11 is 0. The molecule has 2 unspecified atom stereocenters. The van der Waals surface area contributed by atoms with Crippen LogP contribution in [-0.4, -0.2) is 42.3 Å². The second kappa shape index (κ2) is 9.70. The molecule has 0 saturated heterocycles. The van der Waals surface area contributed by atoms with Gasteiger partial charge in [-0.2, -0.15) is 0 Å². The molecule has 148 valence electrons. The largest absolute Gasteiger partial charge is 0.467 e. The van der Waals surface area contributed by atoms with Crippen molar-refractivity contribution in [3.8, 4) is 0 Å². The van der Waals surface area contributed by atoms with Crippen molar-refractivity contribution in [1.29, 1.82) is 0 Å². The third-order valence-corrected chi connectivity index (χ3v) is 5.11. The molecule has 0 aromatic heterocycles. The molecule has 0 bridgehead atoms. The van der Waals surface area contributed by atoms with E-state index in [4.69, 9.17) is 18.5 Å². The molecule has 1 N–H and O–H groups in total. The number of amides is 1. The van der Waals surface area contributed by atoms with Crippen LogP contribution in [0.5, 0.6) is 0 Å². The van der Waals surface area contributed by atoms with Gasteiger partial charge in [0.25, 0.3) is 0 Å². The molecule has 0 rings (SSSR count). The van der Waals surface area contributed by atoms with Gasteiger partial charge in [0, 0.05) is 0 Å². The van der Waals surface area contributed by atoms with Crippen molar-refractivity contribution in [2.75, 3.05) is 7.11 Å². The van der Waals surface area contributed by atoms with Gasteiger partial charge in [-0.1, -0.05) is 13.8 Å². The maximum absolute atomic E-state index is 12.2. The van der Waals surface area contributed by atoms with E-state index in [1.165, 1.54) is 7.11 Å². The fourth-order valence-corrected chi connectivity index (χ4v) is 3.59. The zero-order valence-corrected chi connectivity index (χ0v) is 18.0. The van der Waals surface area contributed by atoms with Crippen LogP contribution in [0.1, 0.15) is 62.3 Å². The van der Waals surface area contributed by atoms with Crippen LogP contribution in [0.15, 0.2) is 0 Å². The number of esters is 1. The van der Waals surface area contributed by atoms with Gasteiger partial charge in [0.1, 0.15) is 11.4 Å². The first kappa shape index (κ1) is 24.1. The van der Waals surface area contributed by atoms with Crippen LogP contribution in [0.3, 0.4) is 0 Å². The van der Waals surface area contributed by atoms with E-state index in [-0.39, 0.29) is 5.92 Å². The molecule has 0 aliphatic carbocycles. The molecule has 0 saturated carbocycles. The highest BCUT2D eigenvalue weighted by Gasteiger charge is 2.36. The van der Waals surface area contributed by atoms with E-state index in [0.29, 0.717) is 0 Å². The van der Waals surface area contributed by atoms with Crippen LogP contribution in [0.25, 0.3) is 0 Å². The van der Waals surface area contributed by atoms with Crippen LogP contribution < -0.4 is 5.32 Å². The van der Waals surface area contributed by atoms with Crippen molar-refractivity contribution in [2.45, 2.75) is 85.4 Å². The third kappa shape index (κ3) is 10.6. The van der Waals surface area contributed by atoms with Gasteiger partial charge in [-0.15, -0.1) is 0 Å². The summed E-state index contributed by atoms with van der Waals surface area (Å²) in [5, 5.41) is 2.82. The molecule has 0 aliphatic heterocycles. The average Bonchev–Trinajstić information content (AvgIpc) is 2.39. The fourth-order valence-electron chi connectivity index (χ4n) is 1.67. The van der Waals surface area contributed by atoms with Crippen LogP contribution in [0, 0.1) is 5.92 Å². The molecule has 0 heterocycles. The van der Waals surface area contributed by atoms with Gasteiger partial charge >= 0.3 is 12.1 Å². The quantitative estimate of drug-likeness (QED) is 0.527. The predicted molar refractivity (Wildman–Crippen MR) is 98.3 cm³/mol. The third-order valence-electron chi connectivity index (χ3n) is 2.68. The number of hydrogen-bond acceptors (Lipinski definition) is 6. The van der Waals surface area contributed by atoms with Crippen molar-refractivity contribution in [2.24, 2.45) is 5.92 Å². The number of nitrogens with one attached hydrogen (secondary N) is 1. The number of hydrogen-bond donors (Lipinski definition) is 1. The van der Waals surface area contributed by atoms with Crippen molar-refractivity contribution >= 4 is 20.4 Å². The standard InChI is InChI=1S/C17H34NO6P/c1-11(2)13(18-15(20)22-16(4,5)6)25(24-17(7,8)9)23-12(3)14(19)21-10/h11-13H,1-10H3,(H,18,20)/t12-,13?,25?/m0/s1. The summed E-state index contributed by atoms with van der Waals surface area (Å²) in [6.45, 7) is 16.5. The summed E-state index contributed by atoms with van der Waals surface area (Å²) in [6.07, 6.45) is -1.36. The molecule has 0 aromatic carbocycles. The Morgan fingerprint density at radius 1 is 0.960 bits per heavy atom. The number of rotatable bonds is 7. The summed E-state index contributed by atoms with van der Waals surface area (Å²) in [5.41, 5.74) is -1.12. The van der Waals surface area contributed by atoms with E-state index in [1.54, 1.807) is 27.7 Å². The Balaban J connectivity index is 5.35. The second-order valence-electron chi connectivity index (χ2n) is 8.09. The van der Waals surface area contributed by atoms with Crippen LogP contribution in [-0.2, 0) is 23.3 Å². The summed E-state index contributed by atoms with van der Waals surface area (Å²) in [7, 11) is -0.316. The predicted octanol–water partition coefficient (Wildman–Crippen LogP) is 4.20. The number of methoxy groups -OCH3 is 1. The lowest BCUT2D eigenvalue weighted by atomic mass is 10.2. The Labute approximate surface area is 153 Å². The highest BCUT2D eigenvalue weighted by atomic mass is 31.2. The molecule has 0 radical (unpaired) electrons. The molecule has 0 fully saturated rings. The first-order valence-electron chi connectivity index (χ1n) is 8.38. The van der Waals surface area contributed by atoms with Gasteiger partial charge < -0.3 is 23.8 Å². The second-order valence-corrected chi connectivity index (χ2v) is 9.62. The minimum absolute atomic E-state index is 0.00539. The van der Waals surface area contributed by atoms with E-state index in [9.17, 15) is 9.59 Å². The zero-order valence-electron chi connectivity index (χ0n) is 17.1. The molecular weight excluding hydrogens is 345 g/mol. The molecular formula is C17H34NO6P. The van der Waals surface area contributed by atoms with E-state index >= 15 is 0 Å². The summed E-state index contributed by atoms with van der Waals surface area (Å²) in [6, 6.07) is 0. The monoisotopic (exact) mass is 379 g/mol. The number of alkyl carbamates (subject to hydrolysis) is 1. The van der Waals surface area contributed by atoms with Crippen molar-refractivity contribution in [3.05, 3.63) is 0 Å². The Kier molecular flexibility index (Phi) is 9.34. The van der Waals surface area contributed by atoms with Gasteiger partial charge in [0.2, 0.25) is 0 Å². The molecule has 0 aliphatic rings. The molecule has 8 heteroatoms. The molecule has 7 nitrogen and oxygen atoms in total. The maximum atomic E-state index is 12.2. The Morgan fingerprint density at radius 2 is 1.48 bits per heavy atom. The molecule has 25 heavy (non-hydrogen) atoms. The van der Waals surface area contributed by atoms with Crippen molar-refractivity contribution in [3.63, 3.8) is 0 Å². The minimum Gasteiger partial charge on any atom is -0.467 e. The molecule has 1 amide bonds. The average molecular weight is 379 g/mol. The summed E-state index contributed by atoms with van der Waals surface area (Å²) in [4.78, 5) is 23.9. The Hall–Kier alpha value is -0.910. The van der Waals surface area contributed by atoms with Gasteiger partial charge in [0.05, 0.1) is 12.7 Å². The zero-order chi connectivity index (χ0) is 20.0. The Bertz CT molecular complexity index is 441. The molecule has 0 spiro atoms. The SMILES string of the molecule is COC(=O)[C@H](C)OP(OC(C)(C)C)C(NC(=O)OC(C)(C)C)C(C)C. The highest BCUT2D eigenvalue weighted by molar-refractivity contribution is 7.48. The number of carbonyl (C=O) groups excluding carboxylic acids is 2. The van der Waals surface area contributed by atoms with Gasteiger partial charge in [-0.25, -0.2) is 9.59 Å². The van der Waals surface area contributed by atoms with Crippen LogP contribution in [0.4, 0.5) is 4.79 Å². The smallest absolute Gasteiger partial charge is 0.408 e. The molecule has 3 atom stereocenters. The first-order valence-corrected chi connectivity index (χ1v) is 9.63. The van der Waals surface area contributed by atoms with E-state index in [1.807, 2.05) is 34.6 Å². The van der Waals surface area contributed by atoms with Crippen LogP contribution >= 0.6 is 8.38 Å².